The molecule has 1 atom stereocenters. The number of carbonyl (C=O) groups is 3. The molecule has 0 aromatic carbocycles. The fraction of sp³-hybridized carbons (Fsp3) is 0.643. The second kappa shape index (κ2) is 7.10. The summed E-state index contributed by atoms with van der Waals surface area (Å²) in [5.41, 5.74) is 0. The highest BCUT2D eigenvalue weighted by Gasteiger charge is 2.45. The van der Waals surface area contributed by atoms with Crippen molar-refractivity contribution in [2.24, 2.45) is 11.8 Å². The highest BCUT2D eigenvalue weighted by Crippen LogP contribution is 2.28. The fourth-order valence-electron chi connectivity index (χ4n) is 1.81. The van der Waals surface area contributed by atoms with E-state index in [4.69, 9.17) is 14.2 Å². The third kappa shape index (κ3) is 5.09. The van der Waals surface area contributed by atoms with Crippen LogP contribution in [0.3, 0.4) is 0 Å². The first-order chi connectivity index (χ1) is 9.76. The van der Waals surface area contributed by atoms with E-state index in [1.54, 1.807) is 19.9 Å². The Morgan fingerprint density at radius 3 is 2.38 bits per heavy atom. The first-order valence-corrected chi connectivity index (χ1v) is 6.68. The van der Waals surface area contributed by atoms with Gasteiger partial charge in [0.25, 0.3) is 5.79 Å². The lowest BCUT2D eigenvalue weighted by atomic mass is 9.92. The number of ether oxygens (including phenoxy) is 4. The normalized spacial score (nSPS) is 19.8. The molecule has 1 unspecified atom stereocenters. The van der Waals surface area contributed by atoms with E-state index < -0.39 is 35.7 Å². The van der Waals surface area contributed by atoms with E-state index in [9.17, 15) is 14.4 Å². The molecule has 0 aromatic heterocycles. The Bertz CT molecular complexity index is 419. The summed E-state index contributed by atoms with van der Waals surface area (Å²) in [5.74, 6) is -3.94. The highest BCUT2D eigenvalue weighted by molar-refractivity contribution is 5.97. The third-order valence-electron chi connectivity index (χ3n) is 2.73. The minimum absolute atomic E-state index is 0.00845. The highest BCUT2D eigenvalue weighted by atomic mass is 16.7. The number of carbonyl (C=O) groups excluding carboxylic acids is 3. The van der Waals surface area contributed by atoms with Crippen LogP contribution in [-0.4, -0.2) is 37.1 Å². The van der Waals surface area contributed by atoms with Gasteiger partial charge in [0, 0.05) is 13.8 Å². The molecule has 0 spiro atoms. The SMILES string of the molecule is CCOC(=O)OC/C=C/C(C)C1C(=O)OC(C)(C)OC1=O. The van der Waals surface area contributed by atoms with Crippen LogP contribution < -0.4 is 0 Å². The van der Waals surface area contributed by atoms with E-state index in [0.29, 0.717) is 0 Å². The molecule has 1 aliphatic heterocycles. The van der Waals surface area contributed by atoms with E-state index in [1.165, 1.54) is 19.9 Å². The smallest absolute Gasteiger partial charge is 0.435 e. The summed E-state index contributed by atoms with van der Waals surface area (Å²) in [6, 6.07) is 0. The third-order valence-corrected chi connectivity index (χ3v) is 2.73. The van der Waals surface area contributed by atoms with Crippen LogP contribution >= 0.6 is 0 Å². The zero-order chi connectivity index (χ0) is 16.0. The molecule has 0 N–H and O–H groups in total. The molecule has 0 bridgehead atoms. The average molecular weight is 300 g/mol. The molecule has 21 heavy (non-hydrogen) atoms. The minimum atomic E-state index is -1.23. The van der Waals surface area contributed by atoms with E-state index in [2.05, 4.69) is 4.74 Å². The van der Waals surface area contributed by atoms with Crippen molar-refractivity contribution in [2.75, 3.05) is 13.2 Å². The number of esters is 2. The Balaban J connectivity index is 2.51. The quantitative estimate of drug-likeness (QED) is 0.434. The van der Waals surface area contributed by atoms with E-state index in [1.807, 2.05) is 0 Å². The minimum Gasteiger partial charge on any atom is -0.435 e. The van der Waals surface area contributed by atoms with Gasteiger partial charge in [0.05, 0.1) is 6.61 Å². The molecule has 0 radical (unpaired) electrons. The zero-order valence-electron chi connectivity index (χ0n) is 12.6. The Morgan fingerprint density at radius 2 is 1.86 bits per heavy atom. The molecule has 7 heteroatoms. The van der Waals surface area contributed by atoms with Gasteiger partial charge in [-0.2, -0.15) is 0 Å². The van der Waals surface area contributed by atoms with Gasteiger partial charge in [0.2, 0.25) is 0 Å². The van der Waals surface area contributed by atoms with Gasteiger partial charge in [-0.05, 0) is 12.8 Å². The van der Waals surface area contributed by atoms with Crippen molar-refractivity contribution in [2.45, 2.75) is 33.5 Å². The van der Waals surface area contributed by atoms with Crippen LogP contribution in [0, 0.1) is 11.8 Å². The number of cyclic esters (lactones) is 2. The maximum absolute atomic E-state index is 11.8. The van der Waals surface area contributed by atoms with Gasteiger partial charge >= 0.3 is 18.1 Å². The van der Waals surface area contributed by atoms with E-state index in [-0.39, 0.29) is 13.2 Å². The summed E-state index contributed by atoms with van der Waals surface area (Å²) in [5, 5.41) is 0. The number of hydrogen-bond donors (Lipinski definition) is 0. The second-order valence-electron chi connectivity index (χ2n) is 5.00. The topological polar surface area (TPSA) is 88.1 Å². The van der Waals surface area contributed by atoms with Crippen LogP contribution in [0.15, 0.2) is 12.2 Å². The summed E-state index contributed by atoms with van der Waals surface area (Å²) >= 11 is 0. The summed E-state index contributed by atoms with van der Waals surface area (Å²) in [7, 11) is 0. The Labute approximate surface area is 123 Å². The average Bonchev–Trinajstić information content (AvgIpc) is 2.32. The van der Waals surface area contributed by atoms with E-state index >= 15 is 0 Å². The molecule has 1 aliphatic rings. The number of hydrogen-bond acceptors (Lipinski definition) is 7. The lowest BCUT2D eigenvalue weighted by Crippen LogP contribution is -2.48. The van der Waals surface area contributed by atoms with Crippen molar-refractivity contribution in [1.82, 2.24) is 0 Å². The first kappa shape index (κ1) is 17.0. The fourth-order valence-corrected chi connectivity index (χ4v) is 1.81. The molecule has 1 rings (SSSR count). The van der Waals surface area contributed by atoms with Crippen LogP contribution in [-0.2, 0) is 28.5 Å². The summed E-state index contributed by atoms with van der Waals surface area (Å²) in [6.07, 6.45) is 2.35. The van der Waals surface area contributed by atoms with Crippen LogP contribution in [0.2, 0.25) is 0 Å². The van der Waals surface area contributed by atoms with Crippen molar-refractivity contribution in [3.05, 3.63) is 12.2 Å². The molecule has 1 heterocycles. The first-order valence-electron chi connectivity index (χ1n) is 6.68. The zero-order valence-corrected chi connectivity index (χ0v) is 12.6. The van der Waals surface area contributed by atoms with Gasteiger partial charge in [-0.25, -0.2) is 4.79 Å². The maximum Gasteiger partial charge on any atom is 0.508 e. The maximum atomic E-state index is 11.8. The van der Waals surface area contributed by atoms with Crippen molar-refractivity contribution in [3.8, 4) is 0 Å². The van der Waals surface area contributed by atoms with Gasteiger partial charge in [0.1, 0.15) is 6.61 Å². The molecule has 7 nitrogen and oxygen atoms in total. The van der Waals surface area contributed by atoms with Crippen LogP contribution in [0.4, 0.5) is 4.79 Å². The molecule has 0 saturated carbocycles. The van der Waals surface area contributed by atoms with E-state index in [0.717, 1.165) is 0 Å². The van der Waals surface area contributed by atoms with Crippen LogP contribution in [0.1, 0.15) is 27.7 Å². The Morgan fingerprint density at radius 1 is 1.29 bits per heavy atom. The predicted octanol–water partition coefficient (Wildman–Crippen LogP) is 1.80. The Kier molecular flexibility index (Phi) is 5.75. The second-order valence-corrected chi connectivity index (χ2v) is 5.00. The van der Waals surface area contributed by atoms with Gasteiger partial charge in [0.15, 0.2) is 5.92 Å². The largest absolute Gasteiger partial charge is 0.508 e. The lowest BCUT2D eigenvalue weighted by Gasteiger charge is -2.34. The molecule has 1 saturated heterocycles. The van der Waals surface area contributed by atoms with Crippen molar-refractivity contribution in [1.29, 1.82) is 0 Å². The van der Waals surface area contributed by atoms with Crippen molar-refractivity contribution >= 4 is 18.1 Å². The summed E-state index contributed by atoms with van der Waals surface area (Å²) < 4.78 is 19.4. The number of allylic oxidation sites excluding steroid dienone is 1. The molecular formula is C14H20O7. The van der Waals surface area contributed by atoms with Crippen molar-refractivity contribution < 1.29 is 33.3 Å². The molecule has 0 aromatic rings. The molecule has 1 fully saturated rings. The molecule has 0 aliphatic carbocycles. The standard InChI is InChI=1S/C14H20O7/c1-5-18-13(17)19-8-6-7-9(2)10-11(15)20-14(3,4)21-12(10)16/h6-7,9-10H,5,8H2,1-4H3/b7-6+. The van der Waals surface area contributed by atoms with Crippen LogP contribution in [0.25, 0.3) is 0 Å². The van der Waals surface area contributed by atoms with Crippen molar-refractivity contribution in [3.63, 3.8) is 0 Å². The number of rotatable bonds is 5. The van der Waals surface area contributed by atoms with Gasteiger partial charge in [-0.1, -0.05) is 19.1 Å². The lowest BCUT2D eigenvalue weighted by molar-refractivity contribution is -0.241. The molecular weight excluding hydrogens is 280 g/mol. The summed E-state index contributed by atoms with van der Waals surface area (Å²) in [4.78, 5) is 34.6. The van der Waals surface area contributed by atoms with Gasteiger partial charge in [-0.3, -0.25) is 9.59 Å². The predicted molar refractivity (Wildman–Crippen MR) is 71.0 cm³/mol. The van der Waals surface area contributed by atoms with Crippen LogP contribution in [0.5, 0.6) is 0 Å². The molecule has 0 amide bonds. The van der Waals surface area contributed by atoms with Gasteiger partial charge < -0.3 is 18.9 Å². The summed E-state index contributed by atoms with van der Waals surface area (Å²) in [6.45, 7) is 6.55. The molecule has 118 valence electrons. The van der Waals surface area contributed by atoms with Gasteiger partial charge in [-0.15, -0.1) is 0 Å². The Hall–Kier alpha value is -2.05. The monoisotopic (exact) mass is 300 g/mol.